The second-order valence-corrected chi connectivity index (χ2v) is 10.5. The van der Waals surface area contributed by atoms with Crippen LogP contribution in [-0.4, -0.2) is 47.3 Å². The van der Waals surface area contributed by atoms with E-state index in [0.717, 1.165) is 29.2 Å². The molecule has 0 saturated carbocycles. The second kappa shape index (κ2) is 10.3. The van der Waals surface area contributed by atoms with Gasteiger partial charge in [-0.05, 0) is 44.2 Å². The number of nitrogens with one attached hydrogen (secondary N) is 3. The van der Waals surface area contributed by atoms with Crippen molar-refractivity contribution in [2.24, 2.45) is 0 Å². The summed E-state index contributed by atoms with van der Waals surface area (Å²) in [5.41, 5.74) is 6.68. The highest BCUT2D eigenvalue weighted by molar-refractivity contribution is 7.91. The molecule has 0 atom stereocenters. The Labute approximate surface area is 197 Å². The predicted octanol–water partition coefficient (Wildman–Crippen LogP) is 2.60. The standard InChI is InChI=1S/C21H28N6O4S2/c1-5-26(6-2)33(30,31)19-11-9-16(32-19)13-22-21(29)25-24-20(28)15-8-10-18-17(12-15)23-14(4)27(18)7-3/h8-12H,5-7,13H2,1-4H3,(H,24,28)(H2,22,25,29). The third kappa shape index (κ3) is 5.34. The molecule has 0 saturated heterocycles. The van der Waals surface area contributed by atoms with E-state index in [9.17, 15) is 18.0 Å². The molecule has 3 N–H and O–H groups in total. The molecule has 0 bridgehead atoms. The molecule has 2 heterocycles. The van der Waals surface area contributed by atoms with Gasteiger partial charge in [0.05, 0.1) is 17.6 Å². The number of amides is 3. The van der Waals surface area contributed by atoms with Crippen LogP contribution in [0, 0.1) is 6.92 Å². The number of hydrazine groups is 1. The van der Waals surface area contributed by atoms with E-state index in [1.54, 1.807) is 32.0 Å². The molecule has 12 heteroatoms. The maximum atomic E-state index is 12.6. The Hall–Kier alpha value is -2.96. The smallest absolute Gasteiger partial charge is 0.332 e. The van der Waals surface area contributed by atoms with Crippen molar-refractivity contribution in [2.45, 2.75) is 45.0 Å². The van der Waals surface area contributed by atoms with Crippen molar-refractivity contribution in [2.75, 3.05) is 13.1 Å². The number of urea groups is 1. The van der Waals surface area contributed by atoms with Crippen LogP contribution in [0.2, 0.25) is 0 Å². The van der Waals surface area contributed by atoms with Crippen LogP contribution in [0.5, 0.6) is 0 Å². The van der Waals surface area contributed by atoms with Crippen LogP contribution in [0.3, 0.4) is 0 Å². The van der Waals surface area contributed by atoms with Gasteiger partial charge in [-0.25, -0.2) is 23.6 Å². The van der Waals surface area contributed by atoms with E-state index in [1.807, 2.05) is 24.5 Å². The van der Waals surface area contributed by atoms with Gasteiger partial charge in [0.1, 0.15) is 10.0 Å². The molecule has 0 spiro atoms. The number of carbonyl (C=O) groups excluding carboxylic acids is 2. The zero-order chi connectivity index (χ0) is 24.2. The Morgan fingerprint density at radius 1 is 1.09 bits per heavy atom. The van der Waals surface area contributed by atoms with E-state index in [0.29, 0.717) is 29.0 Å². The average molecular weight is 493 g/mol. The van der Waals surface area contributed by atoms with Crippen LogP contribution in [0.1, 0.15) is 41.8 Å². The van der Waals surface area contributed by atoms with E-state index in [1.165, 1.54) is 10.4 Å². The summed E-state index contributed by atoms with van der Waals surface area (Å²) in [6, 6.07) is 7.76. The van der Waals surface area contributed by atoms with Gasteiger partial charge in [-0.15, -0.1) is 11.3 Å². The number of aryl methyl sites for hydroxylation is 2. The summed E-state index contributed by atoms with van der Waals surface area (Å²) < 4.78 is 28.8. The Morgan fingerprint density at radius 2 is 1.82 bits per heavy atom. The van der Waals surface area contributed by atoms with Crippen molar-refractivity contribution in [1.29, 1.82) is 0 Å². The fraction of sp³-hybridized carbons (Fsp3) is 0.381. The lowest BCUT2D eigenvalue weighted by Gasteiger charge is -2.16. The predicted molar refractivity (Wildman–Crippen MR) is 127 cm³/mol. The number of thiophene rings is 1. The van der Waals surface area contributed by atoms with E-state index >= 15 is 0 Å². The second-order valence-electron chi connectivity index (χ2n) is 7.18. The fourth-order valence-corrected chi connectivity index (χ4v) is 6.38. The van der Waals surface area contributed by atoms with Crippen LogP contribution in [-0.2, 0) is 23.1 Å². The molecular formula is C21H28N6O4S2. The minimum atomic E-state index is -3.53. The number of benzene rings is 1. The number of carbonyl (C=O) groups is 2. The Balaban J connectivity index is 1.54. The lowest BCUT2D eigenvalue weighted by molar-refractivity contribution is 0.0936. The van der Waals surface area contributed by atoms with Gasteiger partial charge in [-0.2, -0.15) is 4.31 Å². The summed E-state index contributed by atoms with van der Waals surface area (Å²) in [4.78, 5) is 29.6. The van der Waals surface area contributed by atoms with Crippen molar-refractivity contribution in [1.82, 2.24) is 30.0 Å². The molecule has 0 aliphatic carbocycles. The summed E-state index contributed by atoms with van der Waals surface area (Å²) in [5.74, 6) is 0.392. The van der Waals surface area contributed by atoms with Crippen LogP contribution in [0.4, 0.5) is 4.79 Å². The zero-order valence-electron chi connectivity index (χ0n) is 19.0. The van der Waals surface area contributed by atoms with Crippen LogP contribution in [0.25, 0.3) is 11.0 Å². The molecule has 3 aromatic rings. The van der Waals surface area contributed by atoms with Gasteiger partial charge < -0.3 is 9.88 Å². The van der Waals surface area contributed by atoms with Crippen LogP contribution < -0.4 is 16.2 Å². The number of sulfonamides is 1. The minimum absolute atomic E-state index is 0.125. The van der Waals surface area contributed by atoms with Crippen molar-refractivity contribution >= 4 is 44.3 Å². The van der Waals surface area contributed by atoms with Crippen molar-refractivity contribution < 1.29 is 18.0 Å². The molecule has 0 fully saturated rings. The van der Waals surface area contributed by atoms with Gasteiger partial charge in [-0.1, -0.05) is 13.8 Å². The normalized spacial score (nSPS) is 11.7. The summed E-state index contributed by atoms with van der Waals surface area (Å²) >= 11 is 1.10. The Kier molecular flexibility index (Phi) is 7.72. The number of hydrogen-bond acceptors (Lipinski definition) is 6. The highest BCUT2D eigenvalue weighted by Crippen LogP contribution is 2.24. The minimum Gasteiger partial charge on any atom is -0.332 e. The van der Waals surface area contributed by atoms with E-state index in [2.05, 4.69) is 21.2 Å². The summed E-state index contributed by atoms with van der Waals surface area (Å²) in [6.45, 7) is 9.18. The van der Waals surface area contributed by atoms with Crippen LogP contribution >= 0.6 is 11.3 Å². The van der Waals surface area contributed by atoms with Crippen molar-refractivity contribution in [3.8, 4) is 0 Å². The summed E-state index contributed by atoms with van der Waals surface area (Å²) in [6.07, 6.45) is 0. The van der Waals surface area contributed by atoms with Gasteiger partial charge in [0.2, 0.25) is 0 Å². The SMILES string of the molecule is CCN(CC)S(=O)(=O)c1ccc(CNC(=O)NNC(=O)c2ccc3c(c2)nc(C)n3CC)s1. The molecule has 0 aliphatic heterocycles. The molecule has 0 aliphatic rings. The molecular weight excluding hydrogens is 464 g/mol. The Morgan fingerprint density at radius 3 is 2.48 bits per heavy atom. The molecule has 178 valence electrons. The molecule has 33 heavy (non-hydrogen) atoms. The van der Waals surface area contributed by atoms with Gasteiger partial charge in [0, 0.05) is 30.1 Å². The molecule has 3 rings (SSSR count). The number of aromatic nitrogens is 2. The Bertz CT molecular complexity index is 1260. The first kappa shape index (κ1) is 24.7. The topological polar surface area (TPSA) is 125 Å². The summed E-state index contributed by atoms with van der Waals surface area (Å²) in [7, 11) is -3.53. The average Bonchev–Trinajstić information content (AvgIpc) is 3.40. The van der Waals surface area contributed by atoms with E-state index in [4.69, 9.17) is 0 Å². The van der Waals surface area contributed by atoms with Crippen molar-refractivity contribution in [3.63, 3.8) is 0 Å². The first-order valence-corrected chi connectivity index (χ1v) is 12.9. The third-order valence-electron chi connectivity index (χ3n) is 5.17. The lowest BCUT2D eigenvalue weighted by atomic mass is 10.2. The van der Waals surface area contributed by atoms with Crippen molar-refractivity contribution in [3.05, 3.63) is 46.6 Å². The van der Waals surface area contributed by atoms with Gasteiger partial charge in [0.15, 0.2) is 0 Å². The molecule has 10 nitrogen and oxygen atoms in total. The van der Waals surface area contributed by atoms with Crippen LogP contribution in [0.15, 0.2) is 34.5 Å². The highest BCUT2D eigenvalue weighted by Gasteiger charge is 2.23. The largest absolute Gasteiger partial charge is 0.333 e. The zero-order valence-corrected chi connectivity index (χ0v) is 20.6. The quantitative estimate of drug-likeness (QED) is 0.417. The van der Waals surface area contributed by atoms with E-state index in [-0.39, 0.29) is 10.8 Å². The third-order valence-corrected chi connectivity index (χ3v) is 8.77. The summed E-state index contributed by atoms with van der Waals surface area (Å²) in [5, 5.41) is 2.60. The fourth-order valence-electron chi connectivity index (χ4n) is 3.47. The number of imidazole rings is 1. The number of fused-ring (bicyclic) bond motifs is 1. The monoisotopic (exact) mass is 492 g/mol. The van der Waals surface area contributed by atoms with Gasteiger partial charge >= 0.3 is 6.03 Å². The molecule has 0 unspecified atom stereocenters. The van der Waals surface area contributed by atoms with E-state index < -0.39 is 22.0 Å². The molecule has 2 aromatic heterocycles. The number of rotatable bonds is 8. The number of hydrogen-bond donors (Lipinski definition) is 3. The lowest BCUT2D eigenvalue weighted by Crippen LogP contribution is -2.46. The molecule has 1 aromatic carbocycles. The maximum Gasteiger partial charge on any atom is 0.333 e. The van der Waals surface area contributed by atoms with Gasteiger partial charge in [-0.3, -0.25) is 10.2 Å². The van der Waals surface area contributed by atoms with Gasteiger partial charge in [0.25, 0.3) is 15.9 Å². The highest BCUT2D eigenvalue weighted by atomic mass is 32.2. The maximum absolute atomic E-state index is 12.6. The molecule has 3 amide bonds. The molecule has 0 radical (unpaired) electrons. The first-order valence-electron chi connectivity index (χ1n) is 10.6. The first-order chi connectivity index (χ1) is 15.7. The number of nitrogens with zero attached hydrogens (tertiary/aromatic N) is 3.